The maximum Gasteiger partial charge on any atom is 0.252 e. The lowest BCUT2D eigenvalue weighted by atomic mass is 10.0. The number of anilines is 1. The van der Waals surface area contributed by atoms with E-state index < -0.39 is 0 Å². The molecular formula is C18H20N4O2. The Morgan fingerprint density at radius 3 is 2.29 bits per heavy atom. The van der Waals surface area contributed by atoms with Crippen LogP contribution < -0.4 is 10.2 Å². The van der Waals surface area contributed by atoms with E-state index in [4.69, 9.17) is 0 Å². The third kappa shape index (κ3) is 3.59. The van der Waals surface area contributed by atoms with Crippen molar-refractivity contribution >= 4 is 17.6 Å². The minimum atomic E-state index is -0.185. The van der Waals surface area contributed by atoms with E-state index in [1.807, 2.05) is 0 Å². The summed E-state index contributed by atoms with van der Waals surface area (Å²) in [7, 11) is 0. The lowest BCUT2D eigenvalue weighted by Crippen LogP contribution is -2.45. The Labute approximate surface area is 140 Å². The van der Waals surface area contributed by atoms with Crippen molar-refractivity contribution in [2.24, 2.45) is 0 Å². The van der Waals surface area contributed by atoms with Gasteiger partial charge in [0.15, 0.2) is 5.78 Å². The van der Waals surface area contributed by atoms with Crippen molar-refractivity contribution in [1.82, 2.24) is 15.3 Å². The molecule has 24 heavy (non-hydrogen) atoms. The van der Waals surface area contributed by atoms with Crippen molar-refractivity contribution in [3.8, 4) is 0 Å². The predicted octanol–water partition coefficient (Wildman–Crippen LogP) is 2.08. The molecule has 0 aliphatic carbocycles. The summed E-state index contributed by atoms with van der Waals surface area (Å²) < 4.78 is 0. The Hall–Kier alpha value is -2.76. The van der Waals surface area contributed by atoms with E-state index in [2.05, 4.69) is 20.2 Å². The van der Waals surface area contributed by atoms with Gasteiger partial charge in [-0.05, 0) is 31.9 Å². The van der Waals surface area contributed by atoms with Crippen molar-refractivity contribution in [1.29, 1.82) is 0 Å². The fraction of sp³-hybridized carbons (Fsp3) is 0.333. The van der Waals surface area contributed by atoms with E-state index in [9.17, 15) is 9.59 Å². The number of aromatic nitrogens is 2. The number of hydrogen-bond acceptors (Lipinski definition) is 5. The molecule has 1 aliphatic heterocycles. The standard InChI is InChI=1S/C18H20N4O2/c1-13(23)15-5-2-3-6-16(15)17(24)21-14-7-11-22(12-8-14)18-19-9-4-10-20-18/h2-6,9-10,14H,7-8,11-12H2,1H3,(H,21,24). The quantitative estimate of drug-likeness (QED) is 0.872. The smallest absolute Gasteiger partial charge is 0.252 e. The van der Waals surface area contributed by atoms with Crippen molar-refractivity contribution in [2.45, 2.75) is 25.8 Å². The first kappa shape index (κ1) is 16.1. The van der Waals surface area contributed by atoms with Crippen LogP contribution in [0.15, 0.2) is 42.7 Å². The molecule has 1 aromatic carbocycles. The van der Waals surface area contributed by atoms with Gasteiger partial charge in [0.2, 0.25) is 5.95 Å². The van der Waals surface area contributed by atoms with Crippen molar-refractivity contribution in [3.63, 3.8) is 0 Å². The van der Waals surface area contributed by atoms with Gasteiger partial charge in [0.1, 0.15) is 0 Å². The maximum absolute atomic E-state index is 12.5. The summed E-state index contributed by atoms with van der Waals surface area (Å²) in [5.41, 5.74) is 0.906. The topological polar surface area (TPSA) is 75.2 Å². The molecule has 0 atom stereocenters. The first-order chi connectivity index (χ1) is 11.6. The molecular weight excluding hydrogens is 304 g/mol. The second kappa shape index (κ2) is 7.21. The number of Topliss-reactive ketones (excluding diaryl/α,β-unsaturated/α-hetero) is 1. The number of ketones is 1. The molecule has 0 spiro atoms. The van der Waals surface area contributed by atoms with Crippen LogP contribution in [0.5, 0.6) is 0 Å². The molecule has 2 heterocycles. The molecule has 1 fully saturated rings. The van der Waals surface area contributed by atoms with E-state index >= 15 is 0 Å². The Balaban J connectivity index is 1.60. The number of hydrogen-bond donors (Lipinski definition) is 1. The number of nitrogens with zero attached hydrogens (tertiary/aromatic N) is 3. The van der Waals surface area contributed by atoms with E-state index in [0.29, 0.717) is 11.1 Å². The molecule has 1 aliphatic rings. The van der Waals surface area contributed by atoms with Gasteiger partial charge in [-0.15, -0.1) is 0 Å². The zero-order valence-corrected chi connectivity index (χ0v) is 13.6. The van der Waals surface area contributed by atoms with Gasteiger partial charge >= 0.3 is 0 Å². The molecule has 3 rings (SSSR count). The van der Waals surface area contributed by atoms with Crippen LogP contribution in [0.25, 0.3) is 0 Å². The van der Waals surface area contributed by atoms with Crippen molar-refractivity contribution in [2.75, 3.05) is 18.0 Å². The van der Waals surface area contributed by atoms with E-state index in [1.54, 1.807) is 42.7 Å². The number of piperidine rings is 1. The molecule has 2 aromatic rings. The number of carbonyl (C=O) groups excluding carboxylic acids is 2. The molecule has 1 aromatic heterocycles. The van der Waals surface area contributed by atoms with Crippen LogP contribution in [0.1, 0.15) is 40.5 Å². The lowest BCUT2D eigenvalue weighted by molar-refractivity contribution is 0.0919. The summed E-state index contributed by atoms with van der Waals surface area (Å²) >= 11 is 0. The lowest BCUT2D eigenvalue weighted by Gasteiger charge is -2.32. The highest BCUT2D eigenvalue weighted by molar-refractivity contribution is 6.07. The maximum atomic E-state index is 12.5. The van der Waals surface area contributed by atoms with Gasteiger partial charge in [-0.1, -0.05) is 18.2 Å². The number of amides is 1. The summed E-state index contributed by atoms with van der Waals surface area (Å²) in [5.74, 6) is 0.441. The fourth-order valence-electron chi connectivity index (χ4n) is 2.93. The van der Waals surface area contributed by atoms with Crippen LogP contribution in [0, 0.1) is 0 Å². The third-order valence-electron chi connectivity index (χ3n) is 4.22. The first-order valence-electron chi connectivity index (χ1n) is 8.08. The van der Waals surface area contributed by atoms with Crippen LogP contribution in [-0.4, -0.2) is 40.8 Å². The minimum absolute atomic E-state index is 0.0949. The van der Waals surface area contributed by atoms with Crippen LogP contribution in [-0.2, 0) is 0 Å². The Kier molecular flexibility index (Phi) is 4.84. The molecule has 0 radical (unpaired) electrons. The highest BCUT2D eigenvalue weighted by atomic mass is 16.2. The summed E-state index contributed by atoms with van der Waals surface area (Å²) in [5, 5.41) is 3.04. The normalized spacial score (nSPS) is 15.1. The van der Waals surface area contributed by atoms with Crippen molar-refractivity contribution in [3.05, 3.63) is 53.9 Å². The van der Waals surface area contributed by atoms with Crippen molar-refractivity contribution < 1.29 is 9.59 Å². The highest BCUT2D eigenvalue weighted by Crippen LogP contribution is 2.16. The van der Waals surface area contributed by atoms with E-state index in [1.165, 1.54) is 6.92 Å². The second-order valence-electron chi connectivity index (χ2n) is 5.89. The van der Waals surface area contributed by atoms with Gasteiger partial charge in [-0.2, -0.15) is 0 Å². The predicted molar refractivity (Wildman–Crippen MR) is 91.2 cm³/mol. The number of rotatable bonds is 4. The number of benzene rings is 1. The fourth-order valence-corrected chi connectivity index (χ4v) is 2.93. The van der Waals surface area contributed by atoms with Gasteiger partial charge in [-0.3, -0.25) is 9.59 Å². The van der Waals surface area contributed by atoms with Crippen LogP contribution >= 0.6 is 0 Å². The zero-order valence-electron chi connectivity index (χ0n) is 13.6. The number of nitrogens with one attached hydrogen (secondary N) is 1. The second-order valence-corrected chi connectivity index (χ2v) is 5.89. The van der Waals surface area contributed by atoms with Crippen LogP contribution in [0.4, 0.5) is 5.95 Å². The summed E-state index contributed by atoms with van der Waals surface area (Å²) in [6.45, 7) is 3.07. The van der Waals surface area contributed by atoms with E-state index in [0.717, 1.165) is 31.9 Å². The van der Waals surface area contributed by atoms with Gasteiger partial charge in [0.05, 0.1) is 5.56 Å². The molecule has 1 N–H and O–H groups in total. The molecule has 1 amide bonds. The first-order valence-corrected chi connectivity index (χ1v) is 8.08. The SMILES string of the molecule is CC(=O)c1ccccc1C(=O)NC1CCN(c2ncccn2)CC1. The summed E-state index contributed by atoms with van der Waals surface area (Å²) in [6, 6.07) is 8.81. The molecule has 124 valence electrons. The monoisotopic (exact) mass is 324 g/mol. The molecule has 0 bridgehead atoms. The van der Waals surface area contributed by atoms with Gasteiger partial charge in [0, 0.05) is 37.1 Å². The van der Waals surface area contributed by atoms with Gasteiger partial charge in [0.25, 0.3) is 5.91 Å². The summed E-state index contributed by atoms with van der Waals surface area (Å²) in [6.07, 6.45) is 5.11. The molecule has 0 unspecified atom stereocenters. The largest absolute Gasteiger partial charge is 0.349 e. The average molecular weight is 324 g/mol. The molecule has 6 nitrogen and oxygen atoms in total. The molecule has 0 saturated carbocycles. The van der Waals surface area contributed by atoms with Crippen LogP contribution in [0.2, 0.25) is 0 Å². The average Bonchev–Trinajstić information content (AvgIpc) is 2.63. The van der Waals surface area contributed by atoms with Gasteiger partial charge in [-0.25, -0.2) is 9.97 Å². The highest BCUT2D eigenvalue weighted by Gasteiger charge is 2.23. The Morgan fingerprint density at radius 1 is 1.04 bits per heavy atom. The summed E-state index contributed by atoms with van der Waals surface area (Å²) in [4.78, 5) is 34.8. The molecule has 6 heteroatoms. The molecule has 1 saturated heterocycles. The minimum Gasteiger partial charge on any atom is -0.349 e. The Bertz CT molecular complexity index is 725. The van der Waals surface area contributed by atoms with E-state index in [-0.39, 0.29) is 17.7 Å². The Morgan fingerprint density at radius 2 is 1.67 bits per heavy atom. The number of carbonyl (C=O) groups is 2. The van der Waals surface area contributed by atoms with Crippen LogP contribution in [0.3, 0.4) is 0 Å². The third-order valence-corrected chi connectivity index (χ3v) is 4.22. The zero-order chi connectivity index (χ0) is 16.9. The van der Waals surface area contributed by atoms with Gasteiger partial charge < -0.3 is 10.2 Å².